The number of methoxy groups -OCH3 is 1. The Balaban J connectivity index is 1.92. The van der Waals surface area contributed by atoms with E-state index in [1.54, 1.807) is 48.8 Å². The number of hydrogen-bond acceptors (Lipinski definition) is 5. The monoisotopic (exact) mass is 390 g/mol. The second-order valence-corrected chi connectivity index (χ2v) is 6.17. The van der Waals surface area contributed by atoms with E-state index in [-0.39, 0.29) is 11.3 Å². The van der Waals surface area contributed by atoms with E-state index in [1.807, 2.05) is 0 Å². The van der Waals surface area contributed by atoms with Crippen molar-refractivity contribution in [3.63, 3.8) is 0 Å². The number of halogens is 1. The fourth-order valence-electron chi connectivity index (χ4n) is 3.01. The summed E-state index contributed by atoms with van der Waals surface area (Å²) in [4.78, 5) is 29.8. The maximum atomic E-state index is 13.4. The van der Waals surface area contributed by atoms with Gasteiger partial charge in [0.2, 0.25) is 0 Å². The SMILES string of the molecule is COc1ccc(C(=O)n2oc(=O)c(-c3ccc(F)cc3)c2-c2ccncc2)cc1. The third-order valence-corrected chi connectivity index (χ3v) is 4.43. The quantitative estimate of drug-likeness (QED) is 0.526. The summed E-state index contributed by atoms with van der Waals surface area (Å²) in [5, 5.41) is 0. The molecule has 4 rings (SSSR count). The average molecular weight is 390 g/mol. The highest BCUT2D eigenvalue weighted by Crippen LogP contribution is 2.31. The molecule has 7 heteroatoms. The molecule has 0 saturated carbocycles. The van der Waals surface area contributed by atoms with Gasteiger partial charge in [0.25, 0.3) is 5.91 Å². The highest BCUT2D eigenvalue weighted by atomic mass is 19.1. The molecule has 2 aromatic carbocycles. The van der Waals surface area contributed by atoms with Gasteiger partial charge < -0.3 is 9.26 Å². The van der Waals surface area contributed by atoms with Gasteiger partial charge in [-0.3, -0.25) is 9.78 Å². The Labute approximate surface area is 164 Å². The van der Waals surface area contributed by atoms with Crippen LogP contribution in [0.4, 0.5) is 4.39 Å². The molecule has 0 aliphatic heterocycles. The molecule has 6 nitrogen and oxygen atoms in total. The van der Waals surface area contributed by atoms with Crippen LogP contribution < -0.4 is 10.4 Å². The minimum Gasteiger partial charge on any atom is -0.497 e. The van der Waals surface area contributed by atoms with Gasteiger partial charge in [0.05, 0.1) is 12.7 Å². The van der Waals surface area contributed by atoms with Crippen LogP contribution in [0.2, 0.25) is 0 Å². The molecule has 2 aromatic heterocycles. The Morgan fingerprint density at radius 1 is 0.966 bits per heavy atom. The molecule has 0 radical (unpaired) electrons. The van der Waals surface area contributed by atoms with E-state index >= 15 is 0 Å². The zero-order chi connectivity index (χ0) is 20.4. The number of carbonyl (C=O) groups excluding carboxylic acids is 1. The first kappa shape index (κ1) is 18.4. The van der Waals surface area contributed by atoms with E-state index in [1.165, 1.54) is 31.4 Å². The smallest absolute Gasteiger partial charge is 0.366 e. The van der Waals surface area contributed by atoms with E-state index < -0.39 is 17.3 Å². The lowest BCUT2D eigenvalue weighted by Crippen LogP contribution is -2.12. The second kappa shape index (κ2) is 7.55. The molecular weight excluding hydrogens is 375 g/mol. The Morgan fingerprint density at radius 2 is 1.62 bits per heavy atom. The van der Waals surface area contributed by atoms with Gasteiger partial charge in [-0.15, -0.1) is 4.74 Å². The first-order chi connectivity index (χ1) is 14.1. The molecule has 0 atom stereocenters. The number of nitrogens with zero attached hydrogens (tertiary/aromatic N) is 2. The number of pyridine rings is 1. The average Bonchev–Trinajstić information content (AvgIpc) is 3.11. The standard InChI is InChI=1S/C22H15FN2O4/c1-28-18-8-4-16(5-9-18)21(26)25-20(15-10-12-24-13-11-15)19(22(27)29-25)14-2-6-17(23)7-3-14/h2-13H,1H3. The molecule has 0 saturated heterocycles. The number of carbonyl (C=O) groups is 1. The van der Waals surface area contributed by atoms with Gasteiger partial charge in [-0.1, -0.05) is 12.1 Å². The Morgan fingerprint density at radius 3 is 2.24 bits per heavy atom. The van der Waals surface area contributed by atoms with Crippen LogP contribution in [0.5, 0.6) is 5.75 Å². The van der Waals surface area contributed by atoms with Crippen LogP contribution in [0.3, 0.4) is 0 Å². The van der Waals surface area contributed by atoms with Crippen LogP contribution in [0.1, 0.15) is 10.4 Å². The van der Waals surface area contributed by atoms with Gasteiger partial charge in [-0.25, -0.2) is 9.18 Å². The first-order valence-electron chi connectivity index (χ1n) is 8.70. The first-order valence-corrected chi connectivity index (χ1v) is 8.70. The maximum absolute atomic E-state index is 13.4. The molecule has 0 amide bonds. The van der Waals surface area contributed by atoms with Crippen molar-refractivity contribution >= 4 is 5.91 Å². The molecule has 2 heterocycles. The van der Waals surface area contributed by atoms with Crippen molar-refractivity contribution in [1.82, 2.24) is 9.72 Å². The van der Waals surface area contributed by atoms with Crippen LogP contribution in [-0.2, 0) is 0 Å². The van der Waals surface area contributed by atoms with Crippen LogP contribution in [-0.4, -0.2) is 22.7 Å². The highest BCUT2D eigenvalue weighted by molar-refractivity contribution is 5.99. The van der Waals surface area contributed by atoms with E-state index in [0.29, 0.717) is 22.4 Å². The predicted octanol–water partition coefficient (Wildman–Crippen LogP) is 4.01. The highest BCUT2D eigenvalue weighted by Gasteiger charge is 2.25. The number of aromatic nitrogens is 2. The van der Waals surface area contributed by atoms with Crippen molar-refractivity contribution in [2.75, 3.05) is 7.11 Å². The van der Waals surface area contributed by atoms with Gasteiger partial charge in [-0.05, 0) is 54.1 Å². The van der Waals surface area contributed by atoms with Crippen molar-refractivity contribution in [1.29, 1.82) is 0 Å². The molecule has 29 heavy (non-hydrogen) atoms. The molecule has 0 spiro atoms. The summed E-state index contributed by atoms with van der Waals surface area (Å²) in [5.74, 6) is -0.362. The molecular formula is C22H15FN2O4. The van der Waals surface area contributed by atoms with Gasteiger partial charge in [0, 0.05) is 23.5 Å². The fourth-order valence-corrected chi connectivity index (χ4v) is 3.01. The molecule has 0 unspecified atom stereocenters. The van der Waals surface area contributed by atoms with Crippen LogP contribution in [0.25, 0.3) is 22.4 Å². The second-order valence-electron chi connectivity index (χ2n) is 6.17. The lowest BCUT2D eigenvalue weighted by Gasteiger charge is -2.08. The predicted molar refractivity (Wildman–Crippen MR) is 104 cm³/mol. The van der Waals surface area contributed by atoms with Crippen molar-refractivity contribution < 1.29 is 18.4 Å². The summed E-state index contributed by atoms with van der Waals surface area (Å²) in [6.45, 7) is 0. The Bertz CT molecular complexity index is 1210. The van der Waals surface area contributed by atoms with Gasteiger partial charge in [0.1, 0.15) is 17.3 Å². The molecule has 0 aliphatic rings. The maximum Gasteiger partial charge on any atom is 0.366 e. The zero-order valence-corrected chi connectivity index (χ0v) is 15.3. The molecule has 0 N–H and O–H groups in total. The summed E-state index contributed by atoms with van der Waals surface area (Å²) in [6.07, 6.45) is 3.09. The minimum absolute atomic E-state index is 0.165. The third-order valence-electron chi connectivity index (χ3n) is 4.43. The zero-order valence-electron chi connectivity index (χ0n) is 15.3. The Kier molecular flexibility index (Phi) is 4.78. The summed E-state index contributed by atoms with van der Waals surface area (Å²) in [5.41, 5.74) is 1.04. The van der Waals surface area contributed by atoms with Crippen molar-refractivity contribution in [3.05, 3.63) is 94.9 Å². The molecule has 0 bridgehead atoms. The summed E-state index contributed by atoms with van der Waals surface area (Å²) in [6, 6.07) is 15.2. The lowest BCUT2D eigenvalue weighted by molar-refractivity contribution is 0.0843. The topological polar surface area (TPSA) is 74.3 Å². The minimum atomic E-state index is -0.703. The van der Waals surface area contributed by atoms with E-state index in [4.69, 9.17) is 9.26 Å². The van der Waals surface area contributed by atoms with Crippen LogP contribution >= 0.6 is 0 Å². The summed E-state index contributed by atoms with van der Waals surface area (Å²) in [7, 11) is 1.53. The molecule has 0 aliphatic carbocycles. The molecule has 0 fully saturated rings. The fraction of sp³-hybridized carbons (Fsp3) is 0.0455. The number of hydrogen-bond donors (Lipinski definition) is 0. The lowest BCUT2D eigenvalue weighted by atomic mass is 10.0. The van der Waals surface area contributed by atoms with E-state index in [0.717, 1.165) is 4.74 Å². The summed E-state index contributed by atoms with van der Waals surface area (Å²) >= 11 is 0. The van der Waals surface area contributed by atoms with Crippen LogP contribution in [0.15, 0.2) is 82.4 Å². The van der Waals surface area contributed by atoms with Crippen molar-refractivity contribution in [2.45, 2.75) is 0 Å². The third kappa shape index (κ3) is 3.45. The van der Waals surface area contributed by atoms with Gasteiger partial charge in [0.15, 0.2) is 0 Å². The van der Waals surface area contributed by atoms with Gasteiger partial charge in [-0.2, -0.15) is 0 Å². The Hall–Kier alpha value is -4.00. The molecule has 144 valence electrons. The van der Waals surface area contributed by atoms with Crippen LogP contribution in [0, 0.1) is 5.82 Å². The summed E-state index contributed by atoms with van der Waals surface area (Å²) < 4.78 is 24.8. The van der Waals surface area contributed by atoms with Gasteiger partial charge >= 0.3 is 5.63 Å². The van der Waals surface area contributed by atoms with Crippen molar-refractivity contribution in [2.24, 2.45) is 0 Å². The number of benzene rings is 2. The number of ether oxygens (including phenoxy) is 1. The number of rotatable bonds is 4. The van der Waals surface area contributed by atoms with E-state index in [2.05, 4.69) is 4.98 Å². The van der Waals surface area contributed by atoms with Crippen molar-refractivity contribution in [3.8, 4) is 28.1 Å². The normalized spacial score (nSPS) is 10.7. The van der Waals surface area contributed by atoms with E-state index in [9.17, 15) is 14.0 Å². The molecule has 4 aromatic rings. The largest absolute Gasteiger partial charge is 0.497 e.